The van der Waals surface area contributed by atoms with Gasteiger partial charge in [-0.1, -0.05) is 24.3 Å². The Morgan fingerprint density at radius 2 is 2.14 bits per heavy atom. The largest absolute Gasteiger partial charge is 0.484 e. The van der Waals surface area contributed by atoms with Crippen LogP contribution in [0.25, 0.3) is 16.6 Å². The summed E-state index contributed by atoms with van der Waals surface area (Å²) >= 11 is 0. The van der Waals surface area contributed by atoms with Crippen molar-refractivity contribution < 1.29 is 9.53 Å². The van der Waals surface area contributed by atoms with Gasteiger partial charge in [0, 0.05) is 24.3 Å². The fourth-order valence-electron chi connectivity index (χ4n) is 4.31. The summed E-state index contributed by atoms with van der Waals surface area (Å²) in [6.07, 6.45) is 7.99. The number of carbonyl (C=O) groups is 1. The van der Waals surface area contributed by atoms with Crippen molar-refractivity contribution in [2.75, 3.05) is 25.0 Å². The number of para-hydroxylation sites is 1. The van der Waals surface area contributed by atoms with Gasteiger partial charge in [0.25, 0.3) is 5.91 Å². The minimum atomic E-state index is -0.226. The molecule has 2 aromatic heterocycles. The topological polar surface area (TPSA) is 70.2 Å². The van der Waals surface area contributed by atoms with E-state index in [0.29, 0.717) is 17.6 Å². The first kappa shape index (κ1) is 17.9. The number of hydrogen-bond acceptors (Lipinski definition) is 4. The summed E-state index contributed by atoms with van der Waals surface area (Å²) in [5, 5.41) is 2.84. The summed E-state index contributed by atoms with van der Waals surface area (Å²) in [5.41, 5.74) is 4.38. The van der Waals surface area contributed by atoms with Crippen molar-refractivity contribution in [2.24, 2.45) is 0 Å². The number of carbonyl (C=O) groups excluding carboxylic acids is 1. The Balaban J connectivity index is 1.31. The number of amides is 1. The van der Waals surface area contributed by atoms with Gasteiger partial charge in [-0.3, -0.25) is 9.69 Å². The Bertz CT molecular complexity index is 1060. The fraction of sp³-hybridized carbons (Fsp3) is 0.304. The van der Waals surface area contributed by atoms with Crippen molar-refractivity contribution in [2.45, 2.75) is 25.3 Å². The van der Waals surface area contributed by atoms with Gasteiger partial charge in [0.05, 0.1) is 11.0 Å². The van der Waals surface area contributed by atoms with E-state index in [-0.39, 0.29) is 12.5 Å². The molecule has 0 aliphatic carbocycles. The van der Waals surface area contributed by atoms with Crippen molar-refractivity contribution in [1.29, 1.82) is 0 Å². The van der Waals surface area contributed by atoms with Crippen LogP contribution in [0.15, 0.2) is 54.7 Å². The number of pyridine rings is 1. The van der Waals surface area contributed by atoms with Crippen LogP contribution in [0.5, 0.6) is 5.75 Å². The number of rotatable bonds is 5. The van der Waals surface area contributed by atoms with E-state index in [2.05, 4.69) is 21.3 Å². The Kier molecular flexibility index (Phi) is 4.77. The molecule has 1 amide bonds. The maximum Gasteiger partial charge on any atom is 0.263 e. The zero-order chi connectivity index (χ0) is 19.6. The van der Waals surface area contributed by atoms with E-state index in [9.17, 15) is 4.79 Å². The van der Waals surface area contributed by atoms with Crippen LogP contribution in [0.2, 0.25) is 0 Å². The van der Waals surface area contributed by atoms with Crippen LogP contribution >= 0.6 is 0 Å². The van der Waals surface area contributed by atoms with E-state index < -0.39 is 0 Å². The highest BCUT2D eigenvalue weighted by molar-refractivity contribution is 5.94. The summed E-state index contributed by atoms with van der Waals surface area (Å²) in [6.45, 7) is 2.17. The standard InChI is InChI=1S/C23H24N4O2/c28-22(15-29-18-6-2-1-3-7-18)25-21-9-8-20-23(26-21)19(14-24-20)16-10-12-27-11-4-5-17(27)13-16/h1-3,6-10,14,17,24H,4-5,11-13,15H2,(H,25,26,28). The highest BCUT2D eigenvalue weighted by atomic mass is 16.5. The lowest BCUT2D eigenvalue weighted by atomic mass is 9.95. The molecule has 0 bridgehead atoms. The Morgan fingerprint density at radius 3 is 3.03 bits per heavy atom. The number of anilines is 1. The van der Waals surface area contributed by atoms with E-state index in [1.807, 2.05) is 48.7 Å². The predicted octanol–water partition coefficient (Wildman–Crippen LogP) is 3.83. The van der Waals surface area contributed by atoms with Crippen molar-refractivity contribution in [3.8, 4) is 5.75 Å². The van der Waals surface area contributed by atoms with Gasteiger partial charge in [0.15, 0.2) is 6.61 Å². The first-order valence-electron chi connectivity index (χ1n) is 10.2. The normalized spacial score (nSPS) is 19.0. The summed E-state index contributed by atoms with van der Waals surface area (Å²) in [5.74, 6) is 0.986. The van der Waals surface area contributed by atoms with Crippen molar-refractivity contribution in [3.63, 3.8) is 0 Å². The molecule has 1 fully saturated rings. The van der Waals surface area contributed by atoms with Crippen molar-refractivity contribution in [3.05, 3.63) is 60.3 Å². The molecule has 1 aromatic carbocycles. The number of fused-ring (bicyclic) bond motifs is 2. The van der Waals surface area contributed by atoms with Crippen LogP contribution < -0.4 is 10.1 Å². The van der Waals surface area contributed by atoms with Crippen LogP contribution in [0, 0.1) is 0 Å². The second-order valence-electron chi connectivity index (χ2n) is 7.67. The molecule has 0 radical (unpaired) electrons. The molecule has 5 rings (SSSR count). The lowest BCUT2D eigenvalue weighted by Gasteiger charge is -2.28. The summed E-state index contributed by atoms with van der Waals surface area (Å²) in [7, 11) is 0. The second kappa shape index (κ2) is 7.72. The van der Waals surface area contributed by atoms with E-state index >= 15 is 0 Å². The zero-order valence-corrected chi connectivity index (χ0v) is 16.2. The lowest BCUT2D eigenvalue weighted by Crippen LogP contribution is -2.32. The number of nitrogens with zero attached hydrogens (tertiary/aromatic N) is 2. The molecule has 2 N–H and O–H groups in total. The monoisotopic (exact) mass is 388 g/mol. The molecule has 29 heavy (non-hydrogen) atoms. The molecule has 0 spiro atoms. The minimum absolute atomic E-state index is 0.0492. The molecule has 3 aromatic rings. The lowest BCUT2D eigenvalue weighted by molar-refractivity contribution is -0.118. The van der Waals surface area contributed by atoms with Gasteiger partial charge in [-0.05, 0) is 55.6 Å². The average molecular weight is 388 g/mol. The van der Waals surface area contributed by atoms with Crippen molar-refractivity contribution in [1.82, 2.24) is 14.9 Å². The molecule has 6 nitrogen and oxygen atoms in total. The fourth-order valence-corrected chi connectivity index (χ4v) is 4.31. The Hall–Kier alpha value is -3.12. The summed E-state index contributed by atoms with van der Waals surface area (Å²) in [4.78, 5) is 22.9. The Morgan fingerprint density at radius 1 is 1.24 bits per heavy atom. The zero-order valence-electron chi connectivity index (χ0n) is 16.2. The van der Waals surface area contributed by atoms with Crippen LogP contribution in [0.3, 0.4) is 0 Å². The van der Waals surface area contributed by atoms with Crippen LogP contribution in [0.4, 0.5) is 5.82 Å². The molecule has 148 valence electrons. The highest BCUT2D eigenvalue weighted by Gasteiger charge is 2.28. The van der Waals surface area contributed by atoms with E-state index in [0.717, 1.165) is 29.6 Å². The van der Waals surface area contributed by atoms with Gasteiger partial charge < -0.3 is 15.0 Å². The number of H-pyrrole nitrogens is 1. The van der Waals surface area contributed by atoms with E-state index in [1.165, 1.54) is 25.0 Å². The molecule has 4 heterocycles. The molecular weight excluding hydrogens is 364 g/mol. The molecule has 2 aliphatic rings. The average Bonchev–Trinajstić information content (AvgIpc) is 3.39. The van der Waals surface area contributed by atoms with Crippen LogP contribution in [-0.2, 0) is 4.79 Å². The Labute approximate surface area is 169 Å². The minimum Gasteiger partial charge on any atom is -0.484 e. The molecule has 6 heteroatoms. The third kappa shape index (κ3) is 3.76. The number of benzene rings is 1. The number of aromatic nitrogens is 2. The highest BCUT2D eigenvalue weighted by Crippen LogP contribution is 2.34. The molecular formula is C23H24N4O2. The van der Waals surface area contributed by atoms with Gasteiger partial charge in [-0.15, -0.1) is 0 Å². The summed E-state index contributed by atoms with van der Waals surface area (Å²) in [6, 6.07) is 13.7. The van der Waals surface area contributed by atoms with Crippen molar-refractivity contribution >= 4 is 28.3 Å². The van der Waals surface area contributed by atoms with E-state index in [4.69, 9.17) is 9.72 Å². The smallest absolute Gasteiger partial charge is 0.263 e. The first-order chi connectivity index (χ1) is 14.3. The molecule has 1 unspecified atom stereocenters. The van der Waals surface area contributed by atoms with Crippen LogP contribution in [-0.4, -0.2) is 46.5 Å². The van der Waals surface area contributed by atoms with E-state index in [1.54, 1.807) is 0 Å². The van der Waals surface area contributed by atoms with Gasteiger partial charge in [-0.25, -0.2) is 4.98 Å². The third-order valence-corrected chi connectivity index (χ3v) is 5.78. The second-order valence-corrected chi connectivity index (χ2v) is 7.67. The SMILES string of the molecule is O=C(COc1ccccc1)Nc1ccc2[nH]cc(C3=CCN4CCCC4C3)c2n1. The number of ether oxygens (including phenoxy) is 1. The predicted molar refractivity (Wildman–Crippen MR) is 114 cm³/mol. The van der Waals surface area contributed by atoms with Gasteiger partial charge in [-0.2, -0.15) is 0 Å². The molecule has 1 saturated heterocycles. The maximum atomic E-state index is 12.3. The van der Waals surface area contributed by atoms with Gasteiger partial charge in [0.2, 0.25) is 0 Å². The summed E-state index contributed by atoms with van der Waals surface area (Å²) < 4.78 is 5.51. The molecule has 1 atom stereocenters. The first-order valence-corrected chi connectivity index (χ1v) is 10.2. The molecule has 2 aliphatic heterocycles. The number of aromatic amines is 1. The number of nitrogens with one attached hydrogen (secondary N) is 2. The molecule has 0 saturated carbocycles. The maximum absolute atomic E-state index is 12.3. The van der Waals surface area contributed by atoms with Crippen LogP contribution in [0.1, 0.15) is 24.8 Å². The van der Waals surface area contributed by atoms with Gasteiger partial charge in [0.1, 0.15) is 11.6 Å². The number of hydrogen-bond donors (Lipinski definition) is 2. The van der Waals surface area contributed by atoms with Gasteiger partial charge >= 0.3 is 0 Å². The third-order valence-electron chi connectivity index (χ3n) is 5.78. The quantitative estimate of drug-likeness (QED) is 0.697.